The lowest BCUT2D eigenvalue weighted by Crippen LogP contribution is -2.47. The van der Waals surface area contributed by atoms with Crippen LogP contribution in [0.4, 0.5) is 0 Å². The van der Waals surface area contributed by atoms with Gasteiger partial charge in [-0.05, 0) is 59.8 Å². The lowest BCUT2D eigenvalue weighted by molar-refractivity contribution is 0.0902. The Bertz CT molecular complexity index is 918. The molecule has 0 aromatic heterocycles. The zero-order valence-corrected chi connectivity index (χ0v) is 22.3. The van der Waals surface area contributed by atoms with Gasteiger partial charge in [0.2, 0.25) is 0 Å². The van der Waals surface area contributed by atoms with Crippen LogP contribution in [0.3, 0.4) is 0 Å². The Balaban J connectivity index is 1.91. The summed E-state index contributed by atoms with van der Waals surface area (Å²) in [7, 11) is 0. The van der Waals surface area contributed by atoms with Crippen LogP contribution in [0.1, 0.15) is 89.5 Å². The number of aromatic hydroxyl groups is 2. The maximum Gasteiger partial charge on any atom is 0.158 e. The second-order valence-electron chi connectivity index (χ2n) is 12.2. The maximum atomic E-state index is 10.7. The zero-order valence-electron chi connectivity index (χ0n) is 22.3. The predicted octanol–water partition coefficient (Wildman–Crippen LogP) is 4.83. The summed E-state index contributed by atoms with van der Waals surface area (Å²) in [6, 6.07) is 12.3. The van der Waals surface area contributed by atoms with Gasteiger partial charge in [0.1, 0.15) is 11.5 Å². The first-order chi connectivity index (χ1) is 16.2. The number of hydrogen-bond donors (Lipinski definition) is 5. The van der Waals surface area contributed by atoms with Crippen LogP contribution in [0, 0.1) is 0 Å². The topological polar surface area (TPSA) is 102 Å². The molecule has 0 bridgehead atoms. The number of benzene rings is 2. The van der Waals surface area contributed by atoms with Crippen molar-refractivity contribution in [3.63, 3.8) is 0 Å². The highest BCUT2D eigenvalue weighted by molar-refractivity contribution is 5.40. The minimum Gasteiger partial charge on any atom is -0.508 e. The first kappa shape index (κ1) is 27.5. The van der Waals surface area contributed by atoms with Crippen molar-refractivity contribution in [2.75, 3.05) is 0 Å². The standard InChI is InChI=1S/C29H45N3O3/c1-28(2,3)21-7-13-25(33)19(15-21)17-32(24-11-9-23(10-12-24)31-27(30)35)18-20-16-22(29(4,5)6)8-14-26(20)34/h7-8,13-16,23-24,27,31,33-35H,9-12,17-18,30H2,1-6H3. The fourth-order valence-electron chi connectivity index (χ4n) is 4.96. The van der Waals surface area contributed by atoms with Gasteiger partial charge in [-0.1, -0.05) is 65.8 Å². The van der Waals surface area contributed by atoms with Gasteiger partial charge in [-0.15, -0.1) is 0 Å². The number of rotatable bonds is 7. The number of aliphatic hydroxyl groups is 1. The Morgan fingerprint density at radius 1 is 0.829 bits per heavy atom. The van der Waals surface area contributed by atoms with Crippen LogP contribution >= 0.6 is 0 Å². The third-order valence-corrected chi connectivity index (χ3v) is 7.26. The van der Waals surface area contributed by atoms with Crippen LogP contribution in [0.15, 0.2) is 36.4 Å². The van der Waals surface area contributed by atoms with Crippen LogP contribution in [-0.2, 0) is 23.9 Å². The van der Waals surface area contributed by atoms with Gasteiger partial charge in [0.05, 0.1) is 0 Å². The molecule has 6 heteroatoms. The molecular formula is C29H45N3O3. The lowest BCUT2D eigenvalue weighted by atomic mass is 9.85. The fraction of sp³-hybridized carbons (Fsp3) is 0.586. The van der Waals surface area contributed by atoms with Crippen LogP contribution in [-0.4, -0.2) is 38.7 Å². The molecule has 6 N–H and O–H groups in total. The Morgan fingerprint density at radius 3 is 1.63 bits per heavy atom. The Morgan fingerprint density at radius 2 is 1.26 bits per heavy atom. The van der Waals surface area contributed by atoms with E-state index in [0.717, 1.165) is 36.8 Å². The van der Waals surface area contributed by atoms with Crippen LogP contribution in [0.5, 0.6) is 11.5 Å². The monoisotopic (exact) mass is 483 g/mol. The molecule has 194 valence electrons. The average molecular weight is 484 g/mol. The molecule has 1 atom stereocenters. The van der Waals surface area contributed by atoms with Gasteiger partial charge >= 0.3 is 0 Å². The SMILES string of the molecule is CC(C)(C)c1ccc(O)c(CN(Cc2cc(C(C)(C)C)ccc2O)C2CCC(NC(N)O)CC2)c1. The predicted molar refractivity (Wildman–Crippen MR) is 142 cm³/mol. The Kier molecular flexibility index (Phi) is 8.53. The van der Waals surface area contributed by atoms with E-state index in [0.29, 0.717) is 30.6 Å². The molecule has 6 nitrogen and oxygen atoms in total. The van der Waals surface area contributed by atoms with Crippen LogP contribution < -0.4 is 11.1 Å². The minimum absolute atomic E-state index is 0.0145. The lowest BCUT2D eigenvalue weighted by Gasteiger charge is -2.38. The number of phenolic OH excluding ortho intramolecular Hbond substituents is 2. The molecule has 2 aromatic rings. The van der Waals surface area contributed by atoms with E-state index in [9.17, 15) is 15.3 Å². The van der Waals surface area contributed by atoms with Crippen molar-refractivity contribution in [3.8, 4) is 11.5 Å². The smallest absolute Gasteiger partial charge is 0.158 e. The van der Waals surface area contributed by atoms with Crippen molar-refractivity contribution in [1.29, 1.82) is 0 Å². The van der Waals surface area contributed by atoms with E-state index in [1.807, 2.05) is 12.1 Å². The maximum absolute atomic E-state index is 10.7. The summed E-state index contributed by atoms with van der Waals surface area (Å²) in [5, 5.41) is 34.0. The molecule has 1 fully saturated rings. The minimum atomic E-state index is -0.998. The highest BCUT2D eigenvalue weighted by atomic mass is 16.3. The van der Waals surface area contributed by atoms with Gasteiger partial charge in [0, 0.05) is 36.3 Å². The number of aliphatic hydroxyl groups excluding tert-OH is 1. The summed E-state index contributed by atoms with van der Waals surface area (Å²) >= 11 is 0. The van der Waals surface area contributed by atoms with Crippen LogP contribution in [0.2, 0.25) is 0 Å². The number of phenols is 2. The van der Waals surface area contributed by atoms with Crippen molar-refractivity contribution in [3.05, 3.63) is 58.7 Å². The molecule has 0 radical (unpaired) electrons. The molecule has 1 saturated carbocycles. The summed E-state index contributed by atoms with van der Waals surface area (Å²) in [5.74, 6) is 0.606. The molecule has 1 unspecified atom stereocenters. The van der Waals surface area contributed by atoms with E-state index in [1.54, 1.807) is 12.1 Å². The van der Waals surface area contributed by atoms with Gasteiger partial charge in [-0.25, -0.2) is 0 Å². The summed E-state index contributed by atoms with van der Waals surface area (Å²) < 4.78 is 0. The Labute approximate surface area is 211 Å². The van der Waals surface area contributed by atoms with Gasteiger partial charge < -0.3 is 15.3 Å². The third-order valence-electron chi connectivity index (χ3n) is 7.26. The van der Waals surface area contributed by atoms with E-state index in [1.165, 1.54) is 11.1 Å². The van der Waals surface area contributed by atoms with Crippen molar-refractivity contribution >= 4 is 0 Å². The first-order valence-corrected chi connectivity index (χ1v) is 12.8. The molecule has 3 rings (SSSR count). The molecular weight excluding hydrogens is 438 g/mol. The summed E-state index contributed by atoms with van der Waals surface area (Å²) in [4.78, 5) is 2.39. The van der Waals surface area contributed by atoms with Crippen molar-refractivity contribution in [2.24, 2.45) is 5.73 Å². The van der Waals surface area contributed by atoms with Gasteiger partial charge in [-0.3, -0.25) is 16.0 Å². The van der Waals surface area contributed by atoms with E-state index in [-0.39, 0.29) is 16.9 Å². The van der Waals surface area contributed by atoms with Gasteiger partial charge in [0.15, 0.2) is 6.35 Å². The van der Waals surface area contributed by atoms with Crippen molar-refractivity contribution < 1.29 is 15.3 Å². The number of nitrogens with two attached hydrogens (primary N) is 1. The van der Waals surface area contributed by atoms with Gasteiger partial charge in [0.25, 0.3) is 0 Å². The average Bonchev–Trinajstić information content (AvgIpc) is 2.74. The van der Waals surface area contributed by atoms with E-state index >= 15 is 0 Å². The number of hydrogen-bond acceptors (Lipinski definition) is 6. The molecule has 0 spiro atoms. The fourth-order valence-corrected chi connectivity index (χ4v) is 4.96. The highest BCUT2D eigenvalue weighted by Gasteiger charge is 2.28. The molecule has 1 aliphatic carbocycles. The summed E-state index contributed by atoms with van der Waals surface area (Å²) in [6.07, 6.45) is 2.73. The van der Waals surface area contributed by atoms with Gasteiger partial charge in [-0.2, -0.15) is 0 Å². The molecule has 35 heavy (non-hydrogen) atoms. The highest BCUT2D eigenvalue weighted by Crippen LogP contribution is 2.34. The van der Waals surface area contributed by atoms with Crippen LogP contribution in [0.25, 0.3) is 0 Å². The molecule has 0 saturated heterocycles. The molecule has 1 aliphatic rings. The van der Waals surface area contributed by atoms with Crippen molar-refractivity contribution in [1.82, 2.24) is 10.2 Å². The largest absolute Gasteiger partial charge is 0.508 e. The molecule has 0 aliphatic heterocycles. The molecule has 0 heterocycles. The van der Waals surface area contributed by atoms with E-state index in [4.69, 9.17) is 5.73 Å². The second kappa shape index (κ2) is 10.9. The Hall–Kier alpha value is -2.12. The van der Waals surface area contributed by atoms with E-state index < -0.39 is 6.35 Å². The second-order valence-corrected chi connectivity index (χ2v) is 12.2. The zero-order chi connectivity index (χ0) is 26.0. The summed E-state index contributed by atoms with van der Waals surface area (Å²) in [5.41, 5.74) is 9.69. The normalized spacial score (nSPS) is 20.3. The van der Waals surface area contributed by atoms with E-state index in [2.05, 4.69) is 63.9 Å². The first-order valence-electron chi connectivity index (χ1n) is 12.8. The number of nitrogens with one attached hydrogen (secondary N) is 1. The summed E-state index contributed by atoms with van der Waals surface area (Å²) in [6.45, 7) is 14.3. The number of nitrogens with zero attached hydrogens (tertiary/aromatic N) is 1. The van der Waals surface area contributed by atoms with Crippen molar-refractivity contribution in [2.45, 2.75) is 110 Å². The quantitative estimate of drug-likeness (QED) is 0.362. The molecule has 2 aromatic carbocycles. The third kappa shape index (κ3) is 7.43. The molecule has 0 amide bonds.